The number of amides is 1. The average Bonchev–Trinajstić information content (AvgIpc) is 2.89. The quantitative estimate of drug-likeness (QED) is 0.234. The molecule has 5 rings (SSSR count). The highest BCUT2D eigenvalue weighted by Gasteiger charge is 2.37. The van der Waals surface area contributed by atoms with Gasteiger partial charge < -0.3 is 9.47 Å². The summed E-state index contributed by atoms with van der Waals surface area (Å²) in [5.41, 5.74) is -1.78. The minimum absolute atomic E-state index is 0.0284. The Balaban J connectivity index is 1.67. The van der Waals surface area contributed by atoms with Gasteiger partial charge in [-0.05, 0) is 59.9 Å². The van der Waals surface area contributed by atoms with Crippen LogP contribution in [0.15, 0.2) is 65.5 Å². The van der Waals surface area contributed by atoms with Crippen molar-refractivity contribution in [2.45, 2.75) is 38.3 Å². The molecule has 0 fully saturated rings. The van der Waals surface area contributed by atoms with Crippen molar-refractivity contribution in [3.05, 3.63) is 104 Å². The van der Waals surface area contributed by atoms with E-state index in [-0.39, 0.29) is 17.2 Å². The zero-order valence-electron chi connectivity index (χ0n) is 21.0. The first-order valence-electron chi connectivity index (χ1n) is 12.2. The van der Waals surface area contributed by atoms with Crippen LogP contribution < -0.4 is 5.56 Å². The molecule has 0 radical (unpaired) electrons. The highest BCUT2D eigenvalue weighted by atomic mass is 35.5. The zero-order valence-corrected chi connectivity index (χ0v) is 21.7. The summed E-state index contributed by atoms with van der Waals surface area (Å²) in [5.74, 6) is -0.840. The number of hydrogen-bond acceptors (Lipinski definition) is 2. The maximum Gasteiger partial charge on any atom is 0.416 e. The molecule has 0 N–H and O–H groups in total. The van der Waals surface area contributed by atoms with E-state index in [9.17, 15) is 35.9 Å². The Morgan fingerprint density at radius 3 is 2.23 bits per heavy atom. The van der Waals surface area contributed by atoms with Crippen LogP contribution in [-0.2, 0) is 31.9 Å². The third-order valence-electron chi connectivity index (χ3n) is 6.94. The van der Waals surface area contributed by atoms with Gasteiger partial charge in [0.2, 0.25) is 0 Å². The van der Waals surface area contributed by atoms with Crippen LogP contribution in [0.2, 0.25) is 5.02 Å². The molecular weight excluding hydrogens is 558 g/mol. The lowest BCUT2D eigenvalue weighted by atomic mass is 9.91. The van der Waals surface area contributed by atoms with E-state index in [4.69, 9.17) is 11.6 Å². The van der Waals surface area contributed by atoms with Crippen molar-refractivity contribution in [3.8, 4) is 11.1 Å². The van der Waals surface area contributed by atoms with Crippen molar-refractivity contribution in [2.24, 2.45) is 0 Å². The molecule has 1 aliphatic heterocycles. The van der Waals surface area contributed by atoms with Crippen LogP contribution in [-0.4, -0.2) is 22.4 Å². The predicted molar refractivity (Wildman–Crippen MR) is 139 cm³/mol. The number of hydrogen-bond donors (Lipinski definition) is 0. The third kappa shape index (κ3) is 5.08. The van der Waals surface area contributed by atoms with E-state index in [1.165, 1.54) is 11.6 Å². The van der Waals surface area contributed by atoms with Gasteiger partial charge in [-0.15, -0.1) is 0 Å². The molecule has 3 aromatic carbocycles. The standard InChI is InChI=1S/C29H21ClF6N2O2/c1-37(15-16-11-19(28(31,32)33)14-20(12-16)29(34,35)36)26(39)24-23(18-6-2-8-21(30)13-18)22-9-3-5-17-7-4-10-38(25(17)22)27(24)40/h2-3,5-6,8-9,11-14H,4,7,10,15H2,1H3. The molecule has 11 heteroatoms. The van der Waals surface area contributed by atoms with Crippen molar-refractivity contribution < 1.29 is 31.1 Å². The molecule has 208 valence electrons. The number of nitrogens with zero attached hydrogens (tertiary/aromatic N) is 2. The summed E-state index contributed by atoms with van der Waals surface area (Å²) in [6, 6.07) is 13.2. The molecule has 1 aliphatic rings. The van der Waals surface area contributed by atoms with Gasteiger partial charge in [-0.1, -0.05) is 41.9 Å². The highest BCUT2D eigenvalue weighted by molar-refractivity contribution is 6.31. The summed E-state index contributed by atoms with van der Waals surface area (Å²) in [5, 5.41) is 0.975. The monoisotopic (exact) mass is 578 g/mol. The van der Waals surface area contributed by atoms with Crippen molar-refractivity contribution in [3.63, 3.8) is 0 Å². The van der Waals surface area contributed by atoms with E-state index in [1.807, 2.05) is 12.1 Å². The number of alkyl halides is 6. The van der Waals surface area contributed by atoms with Crippen molar-refractivity contribution >= 4 is 28.4 Å². The Hall–Kier alpha value is -3.79. The number of para-hydroxylation sites is 1. The lowest BCUT2D eigenvalue weighted by molar-refractivity contribution is -0.143. The Kier molecular flexibility index (Phi) is 6.94. The first kappa shape index (κ1) is 27.8. The minimum atomic E-state index is -5.03. The van der Waals surface area contributed by atoms with E-state index < -0.39 is 41.5 Å². The minimum Gasteiger partial charge on any atom is -0.337 e. The number of aryl methyl sites for hydroxylation is 2. The molecule has 0 aliphatic carbocycles. The lowest BCUT2D eigenvalue weighted by Gasteiger charge is -2.25. The largest absolute Gasteiger partial charge is 0.416 e. The number of carbonyl (C=O) groups excluding carboxylic acids is 1. The highest BCUT2D eigenvalue weighted by Crippen LogP contribution is 2.38. The van der Waals surface area contributed by atoms with Crippen LogP contribution in [0, 0.1) is 0 Å². The number of rotatable bonds is 4. The Bertz CT molecular complexity index is 1680. The van der Waals surface area contributed by atoms with Crippen LogP contribution in [0.1, 0.15) is 39.0 Å². The fraction of sp³-hybridized carbons (Fsp3) is 0.241. The molecule has 1 amide bonds. The number of aromatic nitrogens is 1. The summed E-state index contributed by atoms with van der Waals surface area (Å²) < 4.78 is 81.9. The van der Waals surface area contributed by atoms with Crippen molar-refractivity contribution in [1.82, 2.24) is 9.47 Å². The van der Waals surface area contributed by atoms with Gasteiger partial charge in [0.05, 0.1) is 16.6 Å². The molecule has 2 heterocycles. The van der Waals surface area contributed by atoms with Crippen molar-refractivity contribution in [1.29, 1.82) is 0 Å². The topological polar surface area (TPSA) is 42.3 Å². The van der Waals surface area contributed by atoms with Gasteiger partial charge in [0, 0.05) is 36.1 Å². The van der Waals surface area contributed by atoms with E-state index in [0.29, 0.717) is 52.2 Å². The van der Waals surface area contributed by atoms with E-state index in [0.717, 1.165) is 16.9 Å². The van der Waals surface area contributed by atoms with Gasteiger partial charge >= 0.3 is 12.4 Å². The SMILES string of the molecule is CN(Cc1cc(C(F)(F)F)cc(C(F)(F)F)c1)C(=O)c1c(-c2cccc(Cl)c2)c2cccc3c2n(c1=O)CCC3. The molecule has 0 bridgehead atoms. The van der Waals surface area contributed by atoms with Crippen LogP contribution in [0.5, 0.6) is 0 Å². The molecular formula is C29H21ClF6N2O2. The molecule has 4 nitrogen and oxygen atoms in total. The molecule has 0 unspecified atom stereocenters. The van der Waals surface area contributed by atoms with Gasteiger partial charge in [-0.25, -0.2) is 0 Å². The third-order valence-corrected chi connectivity index (χ3v) is 7.17. The number of benzene rings is 3. The fourth-order valence-electron chi connectivity index (χ4n) is 5.22. The molecule has 0 saturated carbocycles. The van der Waals surface area contributed by atoms with E-state index in [1.54, 1.807) is 30.3 Å². The maximum atomic E-state index is 13.9. The van der Waals surface area contributed by atoms with Crippen LogP contribution in [0.3, 0.4) is 0 Å². The average molecular weight is 579 g/mol. The first-order chi connectivity index (χ1) is 18.8. The number of halogens is 7. The molecule has 1 aromatic heterocycles. The van der Waals surface area contributed by atoms with E-state index in [2.05, 4.69) is 0 Å². The summed E-state index contributed by atoms with van der Waals surface area (Å²) >= 11 is 6.23. The van der Waals surface area contributed by atoms with Gasteiger partial charge in [-0.2, -0.15) is 26.3 Å². The van der Waals surface area contributed by atoms with Crippen LogP contribution >= 0.6 is 11.6 Å². The Morgan fingerprint density at radius 1 is 0.950 bits per heavy atom. The maximum absolute atomic E-state index is 13.9. The second-order valence-electron chi connectivity index (χ2n) is 9.71. The van der Waals surface area contributed by atoms with Gasteiger partial charge in [0.15, 0.2) is 0 Å². The number of pyridine rings is 1. The molecule has 0 saturated heterocycles. The Labute approximate surface area is 229 Å². The second kappa shape index (κ2) is 9.99. The molecule has 0 spiro atoms. The molecule has 40 heavy (non-hydrogen) atoms. The molecule has 0 atom stereocenters. The Morgan fingerprint density at radius 2 is 1.60 bits per heavy atom. The zero-order chi connectivity index (χ0) is 29.0. The summed E-state index contributed by atoms with van der Waals surface area (Å²) in [4.78, 5) is 28.6. The summed E-state index contributed by atoms with van der Waals surface area (Å²) in [6.07, 6.45) is -8.67. The van der Waals surface area contributed by atoms with Gasteiger partial charge in [0.25, 0.3) is 11.5 Å². The first-order valence-corrected chi connectivity index (χ1v) is 12.6. The fourth-order valence-corrected chi connectivity index (χ4v) is 5.41. The summed E-state index contributed by atoms with van der Waals surface area (Å²) in [6.45, 7) is -0.243. The lowest BCUT2D eigenvalue weighted by Crippen LogP contribution is -2.36. The van der Waals surface area contributed by atoms with E-state index >= 15 is 0 Å². The summed E-state index contributed by atoms with van der Waals surface area (Å²) in [7, 11) is 1.23. The van der Waals surface area contributed by atoms with Crippen LogP contribution in [0.25, 0.3) is 22.0 Å². The molecule has 4 aromatic rings. The normalized spacial score (nSPS) is 13.5. The second-order valence-corrected chi connectivity index (χ2v) is 10.1. The van der Waals surface area contributed by atoms with Crippen LogP contribution in [0.4, 0.5) is 26.3 Å². The smallest absolute Gasteiger partial charge is 0.337 e. The van der Waals surface area contributed by atoms with Crippen molar-refractivity contribution in [2.75, 3.05) is 7.05 Å². The van der Waals surface area contributed by atoms with Gasteiger partial charge in [-0.3, -0.25) is 9.59 Å². The number of carbonyl (C=O) groups is 1. The van der Waals surface area contributed by atoms with Gasteiger partial charge in [0.1, 0.15) is 5.56 Å². The predicted octanol–water partition coefficient (Wildman–Crippen LogP) is 7.58.